The summed E-state index contributed by atoms with van der Waals surface area (Å²) in [5, 5.41) is 8.66. The number of allylic oxidation sites excluding steroid dienone is 2. The summed E-state index contributed by atoms with van der Waals surface area (Å²) < 4.78 is 5.64. The second-order valence-electron chi connectivity index (χ2n) is 4.26. The number of ether oxygens (including phenoxy) is 1. The van der Waals surface area contributed by atoms with Gasteiger partial charge >= 0.3 is 5.97 Å². The molecule has 0 spiro atoms. The molecular formula is C15H16O3. The number of carboxylic acids is 1. The second kappa shape index (κ2) is 6.05. The lowest BCUT2D eigenvalue weighted by molar-refractivity contribution is -0.136. The quantitative estimate of drug-likeness (QED) is 0.866. The molecule has 1 N–H and O–H groups in total. The predicted molar refractivity (Wildman–Crippen MR) is 69.7 cm³/mol. The molecule has 0 radical (unpaired) electrons. The Hall–Kier alpha value is -2.03. The first-order valence-electron chi connectivity index (χ1n) is 6.03. The molecule has 0 unspecified atom stereocenters. The van der Waals surface area contributed by atoms with Crippen molar-refractivity contribution < 1.29 is 14.6 Å². The Labute approximate surface area is 106 Å². The smallest absolute Gasteiger partial charge is 0.307 e. The third kappa shape index (κ3) is 3.77. The average molecular weight is 244 g/mol. The zero-order valence-electron chi connectivity index (χ0n) is 10.1. The number of carbonyl (C=O) groups is 1. The molecule has 18 heavy (non-hydrogen) atoms. The minimum atomic E-state index is -0.818. The Bertz CT molecular complexity index is 469. The lowest BCUT2D eigenvalue weighted by Gasteiger charge is -2.09. The largest absolute Gasteiger partial charge is 0.489 e. The molecule has 3 nitrogen and oxygen atoms in total. The van der Waals surface area contributed by atoms with Gasteiger partial charge in [0.2, 0.25) is 0 Å². The van der Waals surface area contributed by atoms with Crippen molar-refractivity contribution in [3.8, 4) is 5.75 Å². The first kappa shape index (κ1) is 12.4. The van der Waals surface area contributed by atoms with Crippen LogP contribution >= 0.6 is 0 Å². The number of hydrogen-bond acceptors (Lipinski definition) is 2. The van der Waals surface area contributed by atoms with E-state index in [2.05, 4.69) is 18.2 Å². The van der Waals surface area contributed by atoms with E-state index in [9.17, 15) is 4.79 Å². The topological polar surface area (TPSA) is 46.5 Å². The van der Waals surface area contributed by atoms with Gasteiger partial charge in [-0.05, 0) is 36.1 Å². The van der Waals surface area contributed by atoms with Crippen LogP contribution in [-0.2, 0) is 11.2 Å². The van der Waals surface area contributed by atoms with Crippen LogP contribution in [0, 0.1) is 0 Å². The Morgan fingerprint density at radius 1 is 1.22 bits per heavy atom. The van der Waals surface area contributed by atoms with Crippen LogP contribution < -0.4 is 4.74 Å². The molecule has 1 aromatic rings. The van der Waals surface area contributed by atoms with Crippen LogP contribution in [0.5, 0.6) is 5.75 Å². The molecule has 1 aliphatic carbocycles. The van der Waals surface area contributed by atoms with Crippen molar-refractivity contribution in [2.45, 2.75) is 19.3 Å². The summed E-state index contributed by atoms with van der Waals surface area (Å²) in [5.74, 6) is -0.0508. The zero-order valence-corrected chi connectivity index (χ0v) is 10.1. The van der Waals surface area contributed by atoms with E-state index in [1.54, 1.807) is 12.1 Å². The van der Waals surface area contributed by atoms with E-state index in [0.717, 1.165) is 24.2 Å². The minimum absolute atomic E-state index is 0.0498. The zero-order chi connectivity index (χ0) is 12.8. The molecule has 0 heterocycles. The van der Waals surface area contributed by atoms with Crippen LogP contribution in [0.2, 0.25) is 0 Å². The monoisotopic (exact) mass is 244 g/mol. The minimum Gasteiger partial charge on any atom is -0.489 e. The van der Waals surface area contributed by atoms with Gasteiger partial charge in [0.05, 0.1) is 6.42 Å². The highest BCUT2D eigenvalue weighted by molar-refractivity contribution is 5.70. The van der Waals surface area contributed by atoms with Gasteiger partial charge in [-0.25, -0.2) is 0 Å². The van der Waals surface area contributed by atoms with Gasteiger partial charge in [0.25, 0.3) is 0 Å². The van der Waals surface area contributed by atoms with Crippen molar-refractivity contribution in [2.24, 2.45) is 0 Å². The maximum Gasteiger partial charge on any atom is 0.307 e. The number of carboxylic acid groups (broad SMARTS) is 1. The molecule has 0 aliphatic heterocycles. The molecule has 0 atom stereocenters. The summed E-state index contributed by atoms with van der Waals surface area (Å²) in [6.45, 7) is 0.564. The summed E-state index contributed by atoms with van der Waals surface area (Å²) in [6, 6.07) is 7.19. The van der Waals surface area contributed by atoms with Gasteiger partial charge < -0.3 is 9.84 Å². The van der Waals surface area contributed by atoms with Crippen molar-refractivity contribution in [2.75, 3.05) is 6.61 Å². The average Bonchev–Trinajstić information content (AvgIpc) is 2.38. The molecular weight excluding hydrogens is 228 g/mol. The molecule has 0 saturated carbocycles. The summed E-state index contributed by atoms with van der Waals surface area (Å²) in [4.78, 5) is 10.5. The SMILES string of the molecule is O=C(O)Cc1ccc(OCC2=CCCC=C2)cc1. The molecule has 2 rings (SSSR count). The maximum atomic E-state index is 10.5. The molecule has 0 saturated heterocycles. The molecule has 0 aromatic heterocycles. The maximum absolute atomic E-state index is 10.5. The van der Waals surface area contributed by atoms with Gasteiger partial charge in [-0.1, -0.05) is 30.4 Å². The van der Waals surface area contributed by atoms with Crippen molar-refractivity contribution >= 4 is 5.97 Å². The van der Waals surface area contributed by atoms with E-state index < -0.39 is 5.97 Å². The number of rotatable bonds is 5. The summed E-state index contributed by atoms with van der Waals surface area (Å²) >= 11 is 0. The third-order valence-electron chi connectivity index (χ3n) is 2.76. The van der Waals surface area contributed by atoms with Crippen LogP contribution in [0.25, 0.3) is 0 Å². The van der Waals surface area contributed by atoms with Gasteiger partial charge in [0.15, 0.2) is 0 Å². The summed E-state index contributed by atoms with van der Waals surface area (Å²) in [5.41, 5.74) is 1.97. The van der Waals surface area contributed by atoms with Gasteiger partial charge in [-0.3, -0.25) is 4.79 Å². The number of aliphatic carboxylic acids is 1. The molecule has 0 bridgehead atoms. The van der Waals surface area contributed by atoms with E-state index in [0.29, 0.717) is 6.61 Å². The Morgan fingerprint density at radius 2 is 2.00 bits per heavy atom. The second-order valence-corrected chi connectivity index (χ2v) is 4.26. The lowest BCUT2D eigenvalue weighted by atomic mass is 10.1. The van der Waals surface area contributed by atoms with Crippen molar-refractivity contribution in [1.29, 1.82) is 0 Å². The molecule has 3 heteroatoms. The summed E-state index contributed by atoms with van der Waals surface area (Å²) in [6.07, 6.45) is 8.64. The van der Waals surface area contributed by atoms with Gasteiger partial charge in [-0.15, -0.1) is 0 Å². The molecule has 0 amide bonds. The lowest BCUT2D eigenvalue weighted by Crippen LogP contribution is -2.02. The Balaban J connectivity index is 1.88. The van der Waals surface area contributed by atoms with E-state index in [1.165, 1.54) is 5.57 Å². The molecule has 1 aromatic carbocycles. The van der Waals surface area contributed by atoms with Gasteiger partial charge in [0, 0.05) is 0 Å². The fraction of sp³-hybridized carbons (Fsp3) is 0.267. The van der Waals surface area contributed by atoms with E-state index in [1.807, 2.05) is 12.1 Å². The van der Waals surface area contributed by atoms with Gasteiger partial charge in [-0.2, -0.15) is 0 Å². The van der Waals surface area contributed by atoms with Crippen LogP contribution in [0.3, 0.4) is 0 Å². The molecule has 1 aliphatic rings. The summed E-state index contributed by atoms with van der Waals surface area (Å²) in [7, 11) is 0. The van der Waals surface area contributed by atoms with Crippen molar-refractivity contribution in [3.63, 3.8) is 0 Å². The first-order valence-corrected chi connectivity index (χ1v) is 6.03. The highest BCUT2D eigenvalue weighted by atomic mass is 16.5. The highest BCUT2D eigenvalue weighted by Gasteiger charge is 2.02. The standard InChI is InChI=1S/C15H16O3/c16-15(17)10-12-6-8-14(9-7-12)18-11-13-4-2-1-3-5-13/h2,4-9H,1,3,10-11H2,(H,16,17). The number of benzene rings is 1. The number of hydrogen-bond donors (Lipinski definition) is 1. The highest BCUT2D eigenvalue weighted by Crippen LogP contribution is 2.15. The van der Waals surface area contributed by atoms with Crippen LogP contribution in [-0.4, -0.2) is 17.7 Å². The molecule has 0 fully saturated rings. The van der Waals surface area contributed by atoms with Crippen molar-refractivity contribution in [1.82, 2.24) is 0 Å². The molecule has 94 valence electrons. The third-order valence-corrected chi connectivity index (χ3v) is 2.76. The van der Waals surface area contributed by atoms with Gasteiger partial charge in [0.1, 0.15) is 12.4 Å². The normalized spacial score (nSPS) is 14.1. The van der Waals surface area contributed by atoms with Crippen LogP contribution in [0.15, 0.2) is 48.1 Å². The predicted octanol–water partition coefficient (Wildman–Crippen LogP) is 2.97. The Kier molecular flexibility index (Phi) is 4.18. The fourth-order valence-electron chi connectivity index (χ4n) is 1.82. The first-order chi connectivity index (χ1) is 8.74. The van der Waals surface area contributed by atoms with E-state index >= 15 is 0 Å². The van der Waals surface area contributed by atoms with Crippen LogP contribution in [0.4, 0.5) is 0 Å². The van der Waals surface area contributed by atoms with Crippen molar-refractivity contribution in [3.05, 3.63) is 53.6 Å². The van der Waals surface area contributed by atoms with E-state index in [4.69, 9.17) is 9.84 Å². The fourth-order valence-corrected chi connectivity index (χ4v) is 1.82. The van der Waals surface area contributed by atoms with Crippen LogP contribution in [0.1, 0.15) is 18.4 Å². The van der Waals surface area contributed by atoms with E-state index in [-0.39, 0.29) is 6.42 Å². The Morgan fingerprint density at radius 3 is 2.61 bits per heavy atom.